The minimum absolute atomic E-state index is 0.853. The van der Waals surface area contributed by atoms with Crippen molar-refractivity contribution in [2.45, 2.75) is 67.2 Å². The maximum absolute atomic E-state index is 6.70. The third-order valence-electron chi connectivity index (χ3n) is 13.4. The summed E-state index contributed by atoms with van der Waals surface area (Å²) in [5, 5.41) is 0. The van der Waals surface area contributed by atoms with E-state index in [9.17, 15) is 0 Å². The number of fused-ring (bicyclic) bond motifs is 2. The fraction of sp³-hybridized carbons (Fsp3) is 0.156. The van der Waals surface area contributed by atoms with Crippen LogP contribution in [0.5, 0.6) is 11.5 Å². The molecule has 66 heavy (non-hydrogen) atoms. The van der Waals surface area contributed by atoms with Gasteiger partial charge in [0.25, 0.3) is 0 Å². The average molecular weight is 856 g/mol. The van der Waals surface area contributed by atoms with Crippen LogP contribution in [0.1, 0.15) is 61.1 Å². The average Bonchev–Trinajstić information content (AvgIpc) is 3.37. The van der Waals surface area contributed by atoms with E-state index in [1.165, 1.54) is 66.8 Å². The van der Waals surface area contributed by atoms with E-state index < -0.39 is 0 Å². The second-order valence-electron chi connectivity index (χ2n) is 17.9. The molecule has 2 heteroatoms. The summed E-state index contributed by atoms with van der Waals surface area (Å²) in [5.74, 6) is 1.71. The Bertz CT molecular complexity index is 2850. The van der Waals surface area contributed by atoms with E-state index in [1.54, 1.807) is 0 Å². The van der Waals surface area contributed by atoms with Crippen LogP contribution in [0.25, 0.3) is 66.8 Å². The number of hydrogen-bond acceptors (Lipinski definition) is 2. The predicted molar refractivity (Wildman–Crippen MR) is 281 cm³/mol. The van der Waals surface area contributed by atoms with Crippen molar-refractivity contribution >= 4 is 17.1 Å². The zero-order chi connectivity index (χ0) is 45.3. The molecule has 0 fully saturated rings. The molecular formula is C64H57NO. The van der Waals surface area contributed by atoms with Gasteiger partial charge in [-0.3, -0.25) is 0 Å². The lowest BCUT2D eigenvalue weighted by Crippen LogP contribution is -2.16. The molecule has 0 aromatic heterocycles. The second-order valence-corrected chi connectivity index (χ2v) is 17.9. The van der Waals surface area contributed by atoms with Gasteiger partial charge in [0.1, 0.15) is 0 Å². The Labute approximate surface area is 391 Å². The second kappa shape index (κ2) is 18.2. The van der Waals surface area contributed by atoms with Gasteiger partial charge in [-0.2, -0.15) is 0 Å². The summed E-state index contributed by atoms with van der Waals surface area (Å²) in [7, 11) is 0. The van der Waals surface area contributed by atoms with Crippen LogP contribution in [0, 0.1) is 13.8 Å². The molecule has 0 radical (unpaired) electrons. The molecule has 0 amide bonds. The van der Waals surface area contributed by atoms with Gasteiger partial charge in [0.2, 0.25) is 0 Å². The molecule has 1 aliphatic rings. The van der Waals surface area contributed by atoms with E-state index in [2.05, 4.69) is 234 Å². The van der Waals surface area contributed by atoms with E-state index in [1.807, 2.05) is 0 Å². The van der Waals surface area contributed by atoms with Gasteiger partial charge in [-0.1, -0.05) is 137 Å². The van der Waals surface area contributed by atoms with Crippen LogP contribution in [0.15, 0.2) is 188 Å². The quantitative estimate of drug-likeness (QED) is 0.128. The maximum Gasteiger partial charge on any atom is 0.151 e. The Morgan fingerprint density at radius 2 is 0.545 bits per heavy atom. The molecule has 0 aliphatic carbocycles. The molecule has 0 N–H and O–H groups in total. The number of anilines is 3. The van der Waals surface area contributed by atoms with Gasteiger partial charge in [0.15, 0.2) is 11.5 Å². The van der Waals surface area contributed by atoms with Crippen LogP contribution in [0.4, 0.5) is 17.1 Å². The molecular weight excluding hydrogens is 799 g/mol. The van der Waals surface area contributed by atoms with Crippen molar-refractivity contribution in [2.75, 3.05) is 4.90 Å². The van der Waals surface area contributed by atoms with Crippen molar-refractivity contribution < 1.29 is 4.74 Å². The van der Waals surface area contributed by atoms with E-state index in [0.29, 0.717) is 0 Å². The van der Waals surface area contributed by atoms with Crippen molar-refractivity contribution in [3.8, 4) is 78.3 Å². The molecule has 1 heterocycles. The van der Waals surface area contributed by atoms with Gasteiger partial charge in [-0.25, -0.2) is 0 Å². The van der Waals surface area contributed by atoms with Crippen molar-refractivity contribution in [1.29, 1.82) is 0 Å². The molecule has 324 valence electrons. The minimum Gasteiger partial charge on any atom is -0.453 e. The predicted octanol–water partition coefficient (Wildman–Crippen LogP) is 18.1. The Morgan fingerprint density at radius 3 is 0.818 bits per heavy atom. The molecule has 2 nitrogen and oxygen atoms in total. The SMILES string of the molecule is CCc1ccc(-c2cc(-c3ccc(CC)cc3)cc(-c3cc(-c4cc(-c5ccc(CC)cc5)cc(-c5ccc(CC)cc5)c4)cc(N4c5ccc(C)cc5Oc5cc(C)ccc54)c3)c2)cc1. The minimum atomic E-state index is 0.853. The van der Waals surface area contributed by atoms with Crippen molar-refractivity contribution in [3.05, 3.63) is 221 Å². The summed E-state index contributed by atoms with van der Waals surface area (Å²) in [5.41, 5.74) is 25.0. The normalized spacial score (nSPS) is 11.8. The number of hydrogen-bond donors (Lipinski definition) is 0. The topological polar surface area (TPSA) is 12.5 Å². The summed E-state index contributed by atoms with van der Waals surface area (Å²) < 4.78 is 6.70. The fourth-order valence-electron chi connectivity index (χ4n) is 9.36. The Hall–Kier alpha value is -7.42. The van der Waals surface area contributed by atoms with Gasteiger partial charge < -0.3 is 9.64 Å². The molecule has 10 rings (SSSR count). The monoisotopic (exact) mass is 855 g/mol. The number of aryl methyl sites for hydroxylation is 6. The van der Waals surface area contributed by atoms with E-state index >= 15 is 0 Å². The standard InChI is InChI=1S/C64H57NO/c1-7-44-13-21-48(22-14-44)52-33-53(49-23-15-45(8-2)16-24-49)36-56(35-52)58-39-59(41-60(40-58)65-61-29-11-42(5)31-63(61)66-64-32-43(6)12-30-62(64)65)57-37-54(50-25-17-46(9-3)18-26-50)34-55(38-57)51-27-19-47(10-4)20-28-51/h11-41H,7-10H2,1-6H3. The van der Waals surface area contributed by atoms with Crippen LogP contribution in [-0.2, 0) is 25.7 Å². The van der Waals surface area contributed by atoms with E-state index in [-0.39, 0.29) is 0 Å². The van der Waals surface area contributed by atoms with Crippen molar-refractivity contribution in [3.63, 3.8) is 0 Å². The van der Waals surface area contributed by atoms with Crippen LogP contribution < -0.4 is 9.64 Å². The van der Waals surface area contributed by atoms with E-state index in [0.717, 1.165) is 87.6 Å². The van der Waals surface area contributed by atoms with Crippen molar-refractivity contribution in [1.82, 2.24) is 0 Å². The highest BCUT2D eigenvalue weighted by Gasteiger charge is 2.27. The van der Waals surface area contributed by atoms with Crippen LogP contribution in [0.2, 0.25) is 0 Å². The van der Waals surface area contributed by atoms with Crippen LogP contribution >= 0.6 is 0 Å². The highest BCUT2D eigenvalue weighted by Crippen LogP contribution is 2.52. The van der Waals surface area contributed by atoms with Gasteiger partial charge in [-0.15, -0.1) is 0 Å². The smallest absolute Gasteiger partial charge is 0.151 e. The molecule has 1 aliphatic heterocycles. The first-order chi connectivity index (χ1) is 32.2. The number of rotatable bonds is 11. The van der Waals surface area contributed by atoms with Gasteiger partial charge in [0, 0.05) is 5.69 Å². The maximum atomic E-state index is 6.70. The molecule has 9 aromatic carbocycles. The Morgan fingerprint density at radius 1 is 0.288 bits per heavy atom. The molecule has 0 saturated carbocycles. The summed E-state index contributed by atoms with van der Waals surface area (Å²) >= 11 is 0. The molecule has 0 saturated heterocycles. The molecule has 0 bridgehead atoms. The van der Waals surface area contributed by atoms with Gasteiger partial charge >= 0.3 is 0 Å². The Balaban J connectivity index is 1.24. The van der Waals surface area contributed by atoms with Gasteiger partial charge in [0.05, 0.1) is 11.4 Å². The summed E-state index contributed by atoms with van der Waals surface area (Å²) in [6, 6.07) is 70.9. The molecule has 9 aromatic rings. The lowest BCUT2D eigenvalue weighted by Gasteiger charge is -2.34. The zero-order valence-electron chi connectivity index (χ0n) is 39.1. The first-order valence-electron chi connectivity index (χ1n) is 23.8. The summed E-state index contributed by atoms with van der Waals surface area (Å²) in [6.07, 6.45) is 4.04. The lowest BCUT2D eigenvalue weighted by atomic mass is 9.89. The molecule has 0 atom stereocenters. The zero-order valence-corrected chi connectivity index (χ0v) is 39.1. The number of nitrogens with zero attached hydrogens (tertiary/aromatic N) is 1. The van der Waals surface area contributed by atoms with E-state index in [4.69, 9.17) is 4.74 Å². The third-order valence-corrected chi connectivity index (χ3v) is 13.4. The van der Waals surface area contributed by atoms with Crippen LogP contribution in [0.3, 0.4) is 0 Å². The number of ether oxygens (including phenoxy) is 1. The summed E-state index contributed by atoms with van der Waals surface area (Å²) in [4.78, 5) is 2.40. The molecule has 0 spiro atoms. The highest BCUT2D eigenvalue weighted by atomic mass is 16.5. The first kappa shape index (κ1) is 42.5. The Kier molecular flexibility index (Phi) is 11.7. The van der Waals surface area contributed by atoms with Crippen LogP contribution in [-0.4, -0.2) is 0 Å². The lowest BCUT2D eigenvalue weighted by molar-refractivity contribution is 0.476. The third kappa shape index (κ3) is 8.60. The van der Waals surface area contributed by atoms with Crippen molar-refractivity contribution in [2.24, 2.45) is 0 Å². The number of benzene rings is 9. The van der Waals surface area contributed by atoms with Gasteiger partial charge in [-0.05, 0) is 219 Å². The highest BCUT2D eigenvalue weighted by molar-refractivity contribution is 5.93. The molecule has 0 unspecified atom stereocenters. The summed E-state index contributed by atoms with van der Waals surface area (Å²) in [6.45, 7) is 13.1. The fourth-order valence-corrected chi connectivity index (χ4v) is 9.36. The largest absolute Gasteiger partial charge is 0.453 e. The first-order valence-corrected chi connectivity index (χ1v) is 23.8.